The molecular weight excluding hydrogens is 533 g/mol. The van der Waals surface area contributed by atoms with Gasteiger partial charge in [0.1, 0.15) is 12.6 Å². The Morgan fingerprint density at radius 1 is 1.00 bits per heavy atom. The minimum atomic E-state index is -3.94. The predicted octanol–water partition coefficient (Wildman–Crippen LogP) is 4.79. The van der Waals surface area contributed by atoms with Crippen LogP contribution in [0.4, 0.5) is 5.69 Å². The lowest BCUT2D eigenvalue weighted by Crippen LogP contribution is -2.55. The molecule has 2 amide bonds. The van der Waals surface area contributed by atoms with Gasteiger partial charge in [-0.2, -0.15) is 0 Å². The molecule has 2 aromatic carbocycles. The third-order valence-electron chi connectivity index (χ3n) is 5.09. The SMILES string of the molecule is C[C@H](C(=O)NC(C)(C)C)N(CCc1ccccc1)C(=O)CN(c1cc(Cl)c(Cl)cc1Cl)S(C)(=O)=O. The van der Waals surface area contributed by atoms with Gasteiger partial charge in [0.25, 0.3) is 0 Å². The van der Waals surface area contributed by atoms with Crippen LogP contribution in [0.2, 0.25) is 15.1 Å². The van der Waals surface area contributed by atoms with Crippen LogP contribution in [0.25, 0.3) is 0 Å². The molecule has 0 heterocycles. The van der Waals surface area contributed by atoms with Crippen molar-refractivity contribution in [2.24, 2.45) is 0 Å². The van der Waals surface area contributed by atoms with Gasteiger partial charge in [-0.05, 0) is 51.8 Å². The predicted molar refractivity (Wildman–Crippen MR) is 143 cm³/mol. The zero-order valence-electron chi connectivity index (χ0n) is 20.3. The standard InChI is InChI=1S/C24H30Cl3N3O4S/c1-16(23(32)28-24(2,3)4)29(12-11-17-9-7-6-8-10-17)22(31)15-30(35(5,33)34)21-14-19(26)18(25)13-20(21)27/h6-10,13-14,16H,11-12,15H2,1-5H3,(H,28,32)/t16-/m1/s1. The monoisotopic (exact) mass is 561 g/mol. The summed E-state index contributed by atoms with van der Waals surface area (Å²) in [6.07, 6.45) is 1.44. The van der Waals surface area contributed by atoms with Crippen LogP contribution in [-0.4, -0.2) is 56.1 Å². The van der Waals surface area contributed by atoms with E-state index in [4.69, 9.17) is 34.8 Å². The molecule has 0 spiro atoms. The summed E-state index contributed by atoms with van der Waals surface area (Å²) in [7, 11) is -3.94. The quantitative estimate of drug-likeness (QED) is 0.445. The average molecular weight is 563 g/mol. The Hall–Kier alpha value is -2.00. The fourth-order valence-corrected chi connectivity index (χ4v) is 4.89. The molecule has 1 atom stereocenters. The smallest absolute Gasteiger partial charge is 0.244 e. The minimum Gasteiger partial charge on any atom is -0.350 e. The molecule has 11 heteroatoms. The molecule has 0 saturated heterocycles. The first kappa shape index (κ1) is 29.2. The van der Waals surface area contributed by atoms with Crippen LogP contribution < -0.4 is 9.62 Å². The van der Waals surface area contributed by atoms with Gasteiger partial charge in [0.15, 0.2) is 0 Å². The van der Waals surface area contributed by atoms with Crippen LogP contribution in [0, 0.1) is 0 Å². The second-order valence-electron chi connectivity index (χ2n) is 9.23. The van der Waals surface area contributed by atoms with Crippen LogP contribution in [0.3, 0.4) is 0 Å². The maximum absolute atomic E-state index is 13.5. The highest BCUT2D eigenvalue weighted by atomic mass is 35.5. The number of sulfonamides is 1. The topological polar surface area (TPSA) is 86.8 Å². The Morgan fingerprint density at radius 2 is 1.57 bits per heavy atom. The van der Waals surface area contributed by atoms with Gasteiger partial charge in [-0.1, -0.05) is 65.1 Å². The highest BCUT2D eigenvalue weighted by Gasteiger charge is 2.32. The number of nitrogens with zero attached hydrogens (tertiary/aromatic N) is 2. The van der Waals surface area contributed by atoms with Gasteiger partial charge >= 0.3 is 0 Å². The van der Waals surface area contributed by atoms with E-state index in [1.807, 2.05) is 51.1 Å². The lowest BCUT2D eigenvalue weighted by Gasteiger charge is -2.33. The van der Waals surface area contributed by atoms with Gasteiger partial charge in [0.2, 0.25) is 21.8 Å². The van der Waals surface area contributed by atoms with Crippen LogP contribution in [0.1, 0.15) is 33.3 Å². The fraction of sp³-hybridized carbons (Fsp3) is 0.417. The van der Waals surface area contributed by atoms with Crippen molar-refractivity contribution in [2.75, 3.05) is 23.7 Å². The number of amides is 2. The number of hydrogen-bond donors (Lipinski definition) is 1. The minimum absolute atomic E-state index is 0.0201. The van der Waals surface area contributed by atoms with Gasteiger partial charge < -0.3 is 10.2 Å². The summed E-state index contributed by atoms with van der Waals surface area (Å²) in [4.78, 5) is 27.8. The third-order valence-corrected chi connectivity index (χ3v) is 7.24. The zero-order chi connectivity index (χ0) is 26.6. The molecule has 7 nitrogen and oxygen atoms in total. The number of carbonyl (C=O) groups excluding carboxylic acids is 2. The third kappa shape index (κ3) is 8.56. The van der Waals surface area contributed by atoms with Gasteiger partial charge in [-0.15, -0.1) is 0 Å². The molecule has 0 aromatic heterocycles. The highest BCUT2D eigenvalue weighted by Crippen LogP contribution is 2.35. The second-order valence-corrected chi connectivity index (χ2v) is 12.4. The van der Waals surface area contributed by atoms with Crippen molar-refractivity contribution in [1.82, 2.24) is 10.2 Å². The summed E-state index contributed by atoms with van der Waals surface area (Å²) in [5, 5.41) is 3.13. The van der Waals surface area contributed by atoms with E-state index in [0.29, 0.717) is 6.42 Å². The molecule has 2 rings (SSSR count). The number of halogens is 3. The summed E-state index contributed by atoms with van der Waals surface area (Å²) < 4.78 is 26.2. The van der Waals surface area contributed by atoms with E-state index >= 15 is 0 Å². The molecule has 0 saturated carbocycles. The van der Waals surface area contributed by atoms with Crippen molar-refractivity contribution in [1.29, 1.82) is 0 Å². The lowest BCUT2D eigenvalue weighted by molar-refractivity contribution is -0.139. The first-order valence-electron chi connectivity index (χ1n) is 10.9. The molecule has 2 aromatic rings. The molecule has 1 N–H and O–H groups in total. The van der Waals surface area contributed by atoms with E-state index in [1.165, 1.54) is 17.0 Å². The molecule has 0 aliphatic heterocycles. The Labute approximate surface area is 222 Å². The van der Waals surface area contributed by atoms with Crippen molar-refractivity contribution in [3.8, 4) is 0 Å². The number of rotatable bonds is 9. The summed E-state index contributed by atoms with van der Waals surface area (Å²) in [6.45, 7) is 6.76. The average Bonchev–Trinajstić information content (AvgIpc) is 2.73. The van der Waals surface area contributed by atoms with Gasteiger partial charge in [0, 0.05) is 12.1 Å². The Kier molecular flexibility index (Phi) is 9.87. The van der Waals surface area contributed by atoms with E-state index in [1.54, 1.807) is 6.92 Å². The van der Waals surface area contributed by atoms with Gasteiger partial charge in [-0.3, -0.25) is 13.9 Å². The second kappa shape index (κ2) is 11.8. The first-order valence-corrected chi connectivity index (χ1v) is 13.9. The van der Waals surface area contributed by atoms with Crippen LogP contribution in [0.5, 0.6) is 0 Å². The van der Waals surface area contributed by atoms with Crippen molar-refractivity contribution in [3.63, 3.8) is 0 Å². The van der Waals surface area contributed by atoms with Gasteiger partial charge in [0.05, 0.1) is 27.0 Å². The normalized spacial score (nSPS) is 12.7. The van der Waals surface area contributed by atoms with E-state index in [0.717, 1.165) is 16.1 Å². The summed E-state index contributed by atoms with van der Waals surface area (Å²) in [5.74, 6) is -0.914. The zero-order valence-corrected chi connectivity index (χ0v) is 23.4. The molecule has 0 aliphatic rings. The number of benzene rings is 2. The molecule has 35 heavy (non-hydrogen) atoms. The van der Waals surface area contributed by atoms with Crippen LogP contribution in [0.15, 0.2) is 42.5 Å². The van der Waals surface area contributed by atoms with Crippen molar-refractivity contribution >= 4 is 62.3 Å². The van der Waals surface area contributed by atoms with Crippen molar-refractivity contribution < 1.29 is 18.0 Å². The number of nitrogens with one attached hydrogen (secondary N) is 1. The van der Waals surface area contributed by atoms with E-state index in [-0.39, 0.29) is 33.2 Å². The Balaban J connectivity index is 2.40. The molecule has 0 bridgehead atoms. The molecule has 0 unspecified atom stereocenters. The fourth-order valence-electron chi connectivity index (χ4n) is 3.34. The molecule has 0 radical (unpaired) electrons. The Bertz CT molecular complexity index is 1170. The summed E-state index contributed by atoms with van der Waals surface area (Å²) >= 11 is 18.3. The number of carbonyl (C=O) groups is 2. The van der Waals surface area contributed by atoms with Crippen molar-refractivity contribution in [2.45, 2.75) is 45.7 Å². The van der Waals surface area contributed by atoms with Crippen molar-refractivity contribution in [3.05, 3.63) is 63.1 Å². The van der Waals surface area contributed by atoms with E-state index in [2.05, 4.69) is 5.32 Å². The molecule has 192 valence electrons. The van der Waals surface area contributed by atoms with E-state index < -0.39 is 34.1 Å². The molecule has 0 fully saturated rings. The van der Waals surface area contributed by atoms with Crippen LogP contribution >= 0.6 is 34.8 Å². The largest absolute Gasteiger partial charge is 0.350 e. The maximum atomic E-state index is 13.5. The molecule has 0 aliphatic carbocycles. The maximum Gasteiger partial charge on any atom is 0.244 e. The van der Waals surface area contributed by atoms with E-state index in [9.17, 15) is 18.0 Å². The molecular formula is C24H30Cl3N3O4S. The summed E-state index contributed by atoms with van der Waals surface area (Å²) in [6, 6.07) is 11.2. The number of anilines is 1. The Morgan fingerprint density at radius 3 is 2.11 bits per heavy atom. The van der Waals surface area contributed by atoms with Gasteiger partial charge in [-0.25, -0.2) is 8.42 Å². The first-order chi connectivity index (χ1) is 16.1. The van der Waals surface area contributed by atoms with Crippen LogP contribution in [-0.2, 0) is 26.0 Å². The number of hydrogen-bond acceptors (Lipinski definition) is 4. The highest BCUT2D eigenvalue weighted by molar-refractivity contribution is 7.92. The lowest BCUT2D eigenvalue weighted by atomic mass is 10.1. The summed E-state index contributed by atoms with van der Waals surface area (Å²) in [5.41, 5.74) is 0.485.